The van der Waals surface area contributed by atoms with Gasteiger partial charge in [-0.2, -0.15) is 0 Å². The summed E-state index contributed by atoms with van der Waals surface area (Å²) in [6, 6.07) is 8.09. The second kappa shape index (κ2) is 6.68. The van der Waals surface area contributed by atoms with E-state index >= 15 is 0 Å². The minimum Gasteiger partial charge on any atom is -0.353 e. The molecule has 3 nitrogen and oxygen atoms in total. The van der Waals surface area contributed by atoms with Gasteiger partial charge in [0.05, 0.1) is 5.56 Å². The van der Waals surface area contributed by atoms with Crippen LogP contribution in [0.5, 0.6) is 0 Å². The van der Waals surface area contributed by atoms with Crippen molar-refractivity contribution < 1.29 is 4.79 Å². The predicted molar refractivity (Wildman–Crippen MR) is 112 cm³/mol. The monoisotopic (exact) mass is 432 g/mol. The molecule has 5 heteroatoms. The molecule has 1 aliphatic heterocycles. The van der Waals surface area contributed by atoms with Crippen LogP contribution in [-0.4, -0.2) is 5.91 Å². The first kappa shape index (κ1) is 18.1. The Morgan fingerprint density at radius 1 is 1.31 bits per heavy atom. The van der Waals surface area contributed by atoms with Crippen LogP contribution < -0.4 is 10.6 Å². The van der Waals surface area contributed by atoms with E-state index in [1.54, 1.807) is 11.3 Å². The highest BCUT2D eigenvalue weighted by atomic mass is 79.9. The van der Waals surface area contributed by atoms with Crippen LogP contribution in [0.3, 0.4) is 0 Å². The molecule has 2 N–H and O–H groups in total. The van der Waals surface area contributed by atoms with Crippen molar-refractivity contribution in [1.29, 1.82) is 0 Å². The van der Waals surface area contributed by atoms with E-state index in [1.807, 2.05) is 18.2 Å². The molecule has 2 atom stereocenters. The Kier molecular flexibility index (Phi) is 4.64. The molecule has 0 radical (unpaired) electrons. The Morgan fingerprint density at radius 3 is 2.85 bits per heavy atom. The number of anilines is 1. The van der Waals surface area contributed by atoms with Gasteiger partial charge in [-0.15, -0.1) is 11.3 Å². The third-order valence-electron chi connectivity index (χ3n) is 6.24. The van der Waals surface area contributed by atoms with E-state index in [1.165, 1.54) is 23.3 Å². The average Bonchev–Trinajstić information content (AvgIpc) is 2.99. The van der Waals surface area contributed by atoms with Crippen molar-refractivity contribution in [1.82, 2.24) is 5.32 Å². The van der Waals surface area contributed by atoms with Gasteiger partial charge in [-0.25, -0.2) is 0 Å². The lowest BCUT2D eigenvalue weighted by Gasteiger charge is -2.36. The summed E-state index contributed by atoms with van der Waals surface area (Å²) < 4.78 is 1.02. The molecular weight excluding hydrogens is 408 g/mol. The Hall–Kier alpha value is -1.33. The maximum Gasteiger partial charge on any atom is 0.256 e. The molecule has 26 heavy (non-hydrogen) atoms. The summed E-state index contributed by atoms with van der Waals surface area (Å²) in [5.74, 6) is 0.762. The molecule has 0 bridgehead atoms. The van der Waals surface area contributed by atoms with Gasteiger partial charge in [-0.3, -0.25) is 4.79 Å². The molecule has 1 aromatic heterocycles. The number of amides is 1. The van der Waals surface area contributed by atoms with E-state index in [9.17, 15) is 4.79 Å². The first-order valence-corrected chi connectivity index (χ1v) is 11.0. The SMILES string of the molecule is CCC(C)(C)[C@H]1CCc2c(sc3c2C(=O)N[C@H](c2cccc(Br)c2)N3)C1. The van der Waals surface area contributed by atoms with Gasteiger partial charge in [0.1, 0.15) is 11.2 Å². The molecule has 1 amide bonds. The molecule has 2 heterocycles. The van der Waals surface area contributed by atoms with Crippen LogP contribution in [0.25, 0.3) is 0 Å². The Bertz CT molecular complexity index is 858. The number of benzene rings is 1. The number of hydrogen-bond acceptors (Lipinski definition) is 3. The third-order valence-corrected chi connectivity index (χ3v) is 7.92. The van der Waals surface area contributed by atoms with Crippen LogP contribution in [0.15, 0.2) is 28.7 Å². The second-order valence-corrected chi connectivity index (χ2v) is 10.1. The fourth-order valence-electron chi connectivity index (χ4n) is 4.11. The van der Waals surface area contributed by atoms with Crippen molar-refractivity contribution in [3.8, 4) is 0 Å². The molecule has 2 aromatic rings. The summed E-state index contributed by atoms with van der Waals surface area (Å²) in [5.41, 5.74) is 3.60. The van der Waals surface area contributed by atoms with E-state index in [-0.39, 0.29) is 12.1 Å². The topological polar surface area (TPSA) is 41.1 Å². The van der Waals surface area contributed by atoms with E-state index in [2.05, 4.69) is 53.4 Å². The molecule has 1 aromatic carbocycles. The number of carbonyl (C=O) groups is 1. The average molecular weight is 433 g/mol. The first-order chi connectivity index (χ1) is 12.4. The van der Waals surface area contributed by atoms with Crippen LogP contribution >= 0.6 is 27.3 Å². The highest BCUT2D eigenvalue weighted by molar-refractivity contribution is 9.10. The highest BCUT2D eigenvalue weighted by Crippen LogP contribution is 2.47. The van der Waals surface area contributed by atoms with E-state index < -0.39 is 0 Å². The van der Waals surface area contributed by atoms with Crippen molar-refractivity contribution in [2.24, 2.45) is 11.3 Å². The van der Waals surface area contributed by atoms with Crippen LogP contribution in [0.1, 0.15) is 66.1 Å². The zero-order chi connectivity index (χ0) is 18.5. The quantitative estimate of drug-likeness (QED) is 0.632. The Labute approximate surface area is 167 Å². The second-order valence-electron chi connectivity index (χ2n) is 8.10. The van der Waals surface area contributed by atoms with Crippen LogP contribution in [0, 0.1) is 11.3 Å². The Morgan fingerprint density at radius 2 is 2.12 bits per heavy atom. The van der Waals surface area contributed by atoms with Crippen molar-refractivity contribution in [3.05, 3.63) is 50.3 Å². The fraction of sp³-hybridized carbons (Fsp3) is 0.476. The summed E-state index contributed by atoms with van der Waals surface area (Å²) in [7, 11) is 0. The van der Waals surface area contributed by atoms with Crippen molar-refractivity contribution in [2.45, 2.75) is 52.6 Å². The van der Waals surface area contributed by atoms with Gasteiger partial charge in [0, 0.05) is 9.35 Å². The maximum atomic E-state index is 12.9. The number of carbonyl (C=O) groups excluding carboxylic acids is 1. The smallest absolute Gasteiger partial charge is 0.256 e. The van der Waals surface area contributed by atoms with Gasteiger partial charge in [0.2, 0.25) is 0 Å². The lowest BCUT2D eigenvalue weighted by molar-refractivity contribution is 0.0934. The van der Waals surface area contributed by atoms with Crippen LogP contribution in [0.2, 0.25) is 0 Å². The van der Waals surface area contributed by atoms with Gasteiger partial charge >= 0.3 is 0 Å². The molecular formula is C21H25BrN2OS. The van der Waals surface area contributed by atoms with Gasteiger partial charge in [0.15, 0.2) is 0 Å². The molecule has 0 spiro atoms. The normalized spacial score (nSPS) is 22.2. The number of hydrogen-bond donors (Lipinski definition) is 2. The van der Waals surface area contributed by atoms with Crippen LogP contribution in [-0.2, 0) is 12.8 Å². The van der Waals surface area contributed by atoms with Gasteiger partial charge in [-0.05, 0) is 53.9 Å². The van der Waals surface area contributed by atoms with E-state index in [4.69, 9.17) is 0 Å². The number of fused-ring (bicyclic) bond motifs is 3. The van der Waals surface area contributed by atoms with E-state index in [0.29, 0.717) is 11.3 Å². The minimum absolute atomic E-state index is 0.0643. The van der Waals surface area contributed by atoms with Gasteiger partial charge in [-0.1, -0.05) is 55.3 Å². The van der Waals surface area contributed by atoms with Gasteiger partial charge < -0.3 is 10.6 Å². The number of nitrogens with one attached hydrogen (secondary N) is 2. The molecule has 138 valence electrons. The zero-order valence-corrected chi connectivity index (χ0v) is 17.9. The summed E-state index contributed by atoms with van der Waals surface area (Å²) in [4.78, 5) is 14.3. The van der Waals surface area contributed by atoms with Crippen molar-refractivity contribution in [2.75, 3.05) is 5.32 Å². The molecule has 2 aliphatic rings. The fourth-order valence-corrected chi connectivity index (χ4v) is 5.88. The highest BCUT2D eigenvalue weighted by Gasteiger charge is 2.37. The van der Waals surface area contributed by atoms with Gasteiger partial charge in [0.25, 0.3) is 5.91 Å². The van der Waals surface area contributed by atoms with Crippen molar-refractivity contribution in [3.63, 3.8) is 0 Å². The summed E-state index contributed by atoms with van der Waals surface area (Å²) in [6.45, 7) is 7.04. The Balaban J connectivity index is 1.64. The summed E-state index contributed by atoms with van der Waals surface area (Å²) in [5, 5.41) is 7.74. The number of halogens is 1. The molecule has 4 rings (SSSR count). The number of rotatable bonds is 3. The summed E-state index contributed by atoms with van der Waals surface area (Å²) in [6.07, 6.45) is 4.33. The summed E-state index contributed by atoms with van der Waals surface area (Å²) >= 11 is 5.31. The lowest BCUT2D eigenvalue weighted by atomic mass is 9.69. The molecule has 1 aliphatic carbocycles. The number of thiophene rings is 1. The van der Waals surface area contributed by atoms with Crippen molar-refractivity contribution >= 4 is 38.2 Å². The predicted octanol–water partition coefficient (Wildman–Crippen LogP) is 5.91. The van der Waals surface area contributed by atoms with E-state index in [0.717, 1.165) is 33.4 Å². The molecule has 0 saturated heterocycles. The maximum absolute atomic E-state index is 12.9. The first-order valence-electron chi connectivity index (χ1n) is 9.36. The zero-order valence-electron chi connectivity index (χ0n) is 15.5. The lowest BCUT2D eigenvalue weighted by Crippen LogP contribution is -2.38. The molecule has 0 saturated carbocycles. The molecule has 0 fully saturated rings. The molecule has 0 unspecified atom stereocenters. The van der Waals surface area contributed by atoms with Crippen LogP contribution in [0.4, 0.5) is 5.00 Å². The largest absolute Gasteiger partial charge is 0.353 e. The minimum atomic E-state index is -0.171. The standard InChI is InChI=1S/C21H25BrN2OS/c1-4-21(2,3)13-8-9-15-16(11-13)26-20-17(15)19(25)23-18(24-20)12-6-5-7-14(22)10-12/h5-7,10,13,18,24H,4,8-9,11H2,1-3H3,(H,23,25)/t13-,18-/m0/s1. The third kappa shape index (κ3) is 3.09.